The number of sulfonamides is 1. The van der Waals surface area contributed by atoms with Gasteiger partial charge in [-0.05, 0) is 60.2 Å². The molecular formula is C24H27FN4O3S. The molecule has 1 N–H and O–H groups in total. The van der Waals surface area contributed by atoms with Crippen molar-refractivity contribution in [3.8, 4) is 5.75 Å². The maximum atomic E-state index is 13.3. The number of methoxy groups -OCH3 is 1. The summed E-state index contributed by atoms with van der Waals surface area (Å²) in [7, 11) is -2.15. The van der Waals surface area contributed by atoms with Gasteiger partial charge in [0.15, 0.2) is 0 Å². The third kappa shape index (κ3) is 5.68. The fourth-order valence-electron chi connectivity index (χ4n) is 4.00. The lowest BCUT2D eigenvalue weighted by Gasteiger charge is -2.40. The van der Waals surface area contributed by atoms with Gasteiger partial charge in [-0.2, -0.15) is 0 Å². The molecule has 3 aromatic rings. The summed E-state index contributed by atoms with van der Waals surface area (Å²) in [4.78, 5) is 8.88. The third-order valence-electron chi connectivity index (χ3n) is 5.85. The van der Waals surface area contributed by atoms with Gasteiger partial charge < -0.3 is 9.64 Å². The molecule has 0 radical (unpaired) electrons. The minimum Gasteiger partial charge on any atom is -0.497 e. The smallest absolute Gasteiger partial charge is 0.240 e. The van der Waals surface area contributed by atoms with Crippen LogP contribution in [0.15, 0.2) is 78.0 Å². The molecule has 1 aliphatic heterocycles. The highest BCUT2D eigenvalue weighted by Gasteiger charge is 2.27. The predicted octanol–water partition coefficient (Wildman–Crippen LogP) is 3.07. The number of hydrogen-bond donors (Lipinski definition) is 1. The summed E-state index contributed by atoms with van der Waals surface area (Å²) in [6.45, 7) is 3.21. The van der Waals surface area contributed by atoms with Crippen molar-refractivity contribution in [1.29, 1.82) is 0 Å². The molecule has 2 aromatic carbocycles. The number of aromatic nitrogens is 1. The molecule has 174 valence electrons. The molecule has 1 saturated heterocycles. The Kier molecular flexibility index (Phi) is 7.22. The Labute approximate surface area is 193 Å². The minimum atomic E-state index is -3.68. The van der Waals surface area contributed by atoms with Crippen molar-refractivity contribution in [2.45, 2.75) is 10.9 Å². The second-order valence-electron chi connectivity index (χ2n) is 7.83. The van der Waals surface area contributed by atoms with Crippen molar-refractivity contribution in [3.63, 3.8) is 0 Å². The van der Waals surface area contributed by atoms with Crippen LogP contribution in [0.1, 0.15) is 11.6 Å². The first-order chi connectivity index (χ1) is 16.0. The molecular weight excluding hydrogens is 443 g/mol. The highest BCUT2D eigenvalue weighted by molar-refractivity contribution is 7.89. The number of rotatable bonds is 8. The number of piperazine rings is 1. The van der Waals surface area contributed by atoms with Crippen molar-refractivity contribution in [2.24, 2.45) is 0 Å². The van der Waals surface area contributed by atoms with Crippen molar-refractivity contribution in [1.82, 2.24) is 14.6 Å². The van der Waals surface area contributed by atoms with Gasteiger partial charge in [0, 0.05) is 50.8 Å². The SMILES string of the molecule is COc1ccc(S(=O)(=O)NCC(c2cccnc2)N2CCN(c3ccc(F)cc3)CC2)cc1. The van der Waals surface area contributed by atoms with Crippen LogP contribution in [0.3, 0.4) is 0 Å². The highest BCUT2D eigenvalue weighted by atomic mass is 32.2. The van der Waals surface area contributed by atoms with E-state index in [0.717, 1.165) is 37.4 Å². The van der Waals surface area contributed by atoms with Crippen LogP contribution in [-0.2, 0) is 10.0 Å². The normalized spacial score (nSPS) is 15.9. The molecule has 9 heteroatoms. The van der Waals surface area contributed by atoms with Crippen LogP contribution in [0.25, 0.3) is 0 Å². The fourth-order valence-corrected chi connectivity index (χ4v) is 5.04. The average molecular weight is 471 g/mol. The van der Waals surface area contributed by atoms with Crippen molar-refractivity contribution in [3.05, 3.63) is 84.4 Å². The van der Waals surface area contributed by atoms with Crippen LogP contribution in [0, 0.1) is 5.82 Å². The van der Waals surface area contributed by atoms with Gasteiger partial charge in [-0.3, -0.25) is 9.88 Å². The van der Waals surface area contributed by atoms with Crippen LogP contribution in [0.5, 0.6) is 5.75 Å². The van der Waals surface area contributed by atoms with Crippen LogP contribution in [-0.4, -0.2) is 58.1 Å². The Balaban J connectivity index is 1.46. The van der Waals surface area contributed by atoms with Gasteiger partial charge in [-0.15, -0.1) is 0 Å². The second-order valence-corrected chi connectivity index (χ2v) is 9.60. The molecule has 1 aromatic heterocycles. The summed E-state index contributed by atoms with van der Waals surface area (Å²) >= 11 is 0. The molecule has 1 atom stereocenters. The summed E-state index contributed by atoms with van der Waals surface area (Å²) in [5, 5.41) is 0. The van der Waals surface area contributed by atoms with E-state index in [2.05, 4.69) is 19.5 Å². The lowest BCUT2D eigenvalue weighted by Crippen LogP contribution is -2.50. The first-order valence-corrected chi connectivity index (χ1v) is 12.2. The van der Waals surface area contributed by atoms with E-state index in [0.29, 0.717) is 5.75 Å². The van der Waals surface area contributed by atoms with Gasteiger partial charge in [0.25, 0.3) is 0 Å². The van der Waals surface area contributed by atoms with E-state index in [1.807, 2.05) is 12.1 Å². The largest absolute Gasteiger partial charge is 0.497 e. The standard InChI is InChI=1S/C24H27FN4O3S/c1-32-22-8-10-23(11-9-22)33(30,31)27-18-24(19-3-2-12-26-17-19)29-15-13-28(14-16-29)21-6-4-20(25)5-7-21/h2-12,17,24,27H,13-16,18H2,1H3. The molecule has 0 aliphatic carbocycles. The first-order valence-electron chi connectivity index (χ1n) is 10.7. The number of ether oxygens (including phenoxy) is 1. The van der Waals surface area contributed by atoms with Crippen molar-refractivity contribution >= 4 is 15.7 Å². The van der Waals surface area contributed by atoms with Gasteiger partial charge in [0.1, 0.15) is 11.6 Å². The molecule has 0 saturated carbocycles. The topological polar surface area (TPSA) is 74.8 Å². The van der Waals surface area contributed by atoms with Crippen molar-refractivity contribution in [2.75, 3.05) is 44.7 Å². The highest BCUT2D eigenvalue weighted by Crippen LogP contribution is 2.24. The van der Waals surface area contributed by atoms with E-state index < -0.39 is 10.0 Å². The average Bonchev–Trinajstić information content (AvgIpc) is 2.86. The molecule has 33 heavy (non-hydrogen) atoms. The molecule has 0 bridgehead atoms. The number of anilines is 1. The van der Waals surface area contributed by atoms with Gasteiger partial charge >= 0.3 is 0 Å². The van der Waals surface area contributed by atoms with E-state index >= 15 is 0 Å². The van der Waals surface area contributed by atoms with Crippen LogP contribution in [0.4, 0.5) is 10.1 Å². The van der Waals surface area contributed by atoms with Gasteiger partial charge in [-0.1, -0.05) is 6.07 Å². The maximum absolute atomic E-state index is 13.3. The van der Waals surface area contributed by atoms with Gasteiger partial charge in [0.2, 0.25) is 10.0 Å². The summed E-state index contributed by atoms with van der Waals surface area (Å²) in [6.07, 6.45) is 3.48. The summed E-state index contributed by atoms with van der Waals surface area (Å²) < 4.78 is 46.9. The summed E-state index contributed by atoms with van der Waals surface area (Å²) in [5.41, 5.74) is 1.93. The number of hydrogen-bond acceptors (Lipinski definition) is 6. The quantitative estimate of drug-likeness (QED) is 0.546. The number of nitrogens with one attached hydrogen (secondary N) is 1. The molecule has 2 heterocycles. The Morgan fingerprint density at radius 2 is 1.73 bits per heavy atom. The lowest BCUT2D eigenvalue weighted by molar-refractivity contribution is 0.186. The molecule has 0 spiro atoms. The monoisotopic (exact) mass is 470 g/mol. The second kappa shape index (κ2) is 10.3. The molecule has 0 amide bonds. The maximum Gasteiger partial charge on any atom is 0.240 e. The molecule has 1 aliphatic rings. The van der Waals surface area contributed by atoms with Crippen LogP contribution in [0.2, 0.25) is 0 Å². The van der Waals surface area contributed by atoms with Gasteiger partial charge in [0.05, 0.1) is 18.0 Å². The lowest BCUT2D eigenvalue weighted by atomic mass is 10.1. The summed E-state index contributed by atoms with van der Waals surface area (Å²) in [6, 6.07) is 16.5. The number of nitrogens with zero attached hydrogens (tertiary/aromatic N) is 3. The van der Waals surface area contributed by atoms with E-state index in [1.54, 1.807) is 36.7 Å². The van der Waals surface area contributed by atoms with E-state index in [9.17, 15) is 12.8 Å². The predicted molar refractivity (Wildman–Crippen MR) is 125 cm³/mol. The van der Waals surface area contributed by atoms with Crippen LogP contribution < -0.4 is 14.4 Å². The van der Waals surface area contributed by atoms with E-state index in [1.165, 1.54) is 31.4 Å². The fraction of sp³-hybridized carbons (Fsp3) is 0.292. The summed E-state index contributed by atoms with van der Waals surface area (Å²) in [5.74, 6) is 0.347. The minimum absolute atomic E-state index is 0.165. The zero-order chi connectivity index (χ0) is 23.3. The Bertz CT molecular complexity index is 1130. The van der Waals surface area contributed by atoms with Crippen LogP contribution >= 0.6 is 0 Å². The zero-order valence-corrected chi connectivity index (χ0v) is 19.2. The Morgan fingerprint density at radius 1 is 1.03 bits per heavy atom. The molecule has 1 fully saturated rings. The Morgan fingerprint density at radius 3 is 2.33 bits per heavy atom. The number of pyridine rings is 1. The number of halogens is 1. The zero-order valence-electron chi connectivity index (χ0n) is 18.4. The van der Waals surface area contributed by atoms with Crippen molar-refractivity contribution < 1.29 is 17.5 Å². The van der Waals surface area contributed by atoms with Gasteiger partial charge in [-0.25, -0.2) is 17.5 Å². The molecule has 7 nitrogen and oxygen atoms in total. The third-order valence-corrected chi connectivity index (χ3v) is 7.29. The first kappa shape index (κ1) is 23.2. The van der Waals surface area contributed by atoms with E-state index in [4.69, 9.17) is 4.74 Å². The molecule has 1 unspecified atom stereocenters. The Hall–Kier alpha value is -3.01. The molecule has 4 rings (SSSR count). The number of benzene rings is 2. The van der Waals surface area contributed by atoms with E-state index in [-0.39, 0.29) is 23.3 Å².